The fourth-order valence-electron chi connectivity index (χ4n) is 4.23. The fourth-order valence-corrected chi connectivity index (χ4v) is 8.84. The first-order chi connectivity index (χ1) is 19.3. The number of hydrogen-bond acceptors (Lipinski definition) is 0. The molecule has 4 aromatic carbocycles. The van der Waals surface area contributed by atoms with E-state index in [1.807, 2.05) is 0 Å². The molecule has 40 heavy (non-hydrogen) atoms. The van der Waals surface area contributed by atoms with E-state index in [-0.39, 0.29) is 33.6 Å². The molecule has 204 valence electrons. The predicted octanol–water partition coefficient (Wildman–Crippen LogP) is 8.21. The molecule has 0 saturated carbocycles. The van der Waals surface area contributed by atoms with Crippen molar-refractivity contribution in [2.24, 2.45) is 0 Å². The minimum atomic E-state index is -0.409. The minimum absolute atomic E-state index is 0. The van der Waals surface area contributed by atoms with Crippen LogP contribution in [0.1, 0.15) is 0 Å². The third-order valence-corrected chi connectivity index (χ3v) is 10.8. The maximum absolute atomic E-state index is 4.76. The van der Waals surface area contributed by atoms with E-state index in [4.69, 9.17) is 20.2 Å². The zero-order chi connectivity index (χ0) is 27.1. The smallest absolute Gasteiger partial charge is 4.00 e. The van der Waals surface area contributed by atoms with Gasteiger partial charge >= 0.3 is 53.8 Å². The van der Waals surface area contributed by atoms with Crippen molar-refractivity contribution in [1.82, 2.24) is 0 Å². The van der Waals surface area contributed by atoms with Gasteiger partial charge in [0.15, 0.2) is 0 Å². The maximum atomic E-state index is 4.76. The summed E-state index contributed by atoms with van der Waals surface area (Å²) in [5, 5.41) is 8.47. The van der Waals surface area contributed by atoms with Gasteiger partial charge in [0, 0.05) is 0 Å². The van der Waals surface area contributed by atoms with Gasteiger partial charge in [0.05, 0.1) is 0 Å². The van der Waals surface area contributed by atoms with Crippen molar-refractivity contribution in [2.75, 3.05) is 0 Å². The van der Waals surface area contributed by atoms with Crippen LogP contribution in [-0.2, 0) is 33.6 Å². The number of benzene rings is 4. The second-order valence-electron chi connectivity index (χ2n) is 8.35. The van der Waals surface area contributed by atoms with Crippen LogP contribution < -0.4 is 21.2 Å². The van der Waals surface area contributed by atoms with E-state index in [0.717, 1.165) is 0 Å². The van der Waals surface area contributed by atoms with E-state index < -0.39 is 15.1 Å². The summed E-state index contributed by atoms with van der Waals surface area (Å²) in [5.74, 6) is 0. The van der Waals surface area contributed by atoms with Gasteiger partial charge in [-0.05, 0) is 0 Å². The summed E-state index contributed by atoms with van der Waals surface area (Å²) in [7, 11) is 8.71. The number of halogens is 2. The third kappa shape index (κ3) is 9.64. The van der Waals surface area contributed by atoms with Crippen LogP contribution in [0.15, 0.2) is 170 Å². The molecule has 6 rings (SSSR count). The number of rotatable bonds is 4. The first-order valence-corrected chi connectivity index (χ1v) is 18.1. The van der Waals surface area contributed by atoms with Crippen molar-refractivity contribution >= 4 is 67.1 Å². The molecule has 0 fully saturated rings. The van der Waals surface area contributed by atoms with Gasteiger partial charge in [0.25, 0.3) is 0 Å². The van der Waals surface area contributed by atoms with Crippen LogP contribution >= 0.6 is 35.3 Å². The molecular formula is C34H28Cl2FeP2Pd+2. The topological polar surface area (TPSA) is 0 Å². The van der Waals surface area contributed by atoms with Gasteiger partial charge in [-0.1, -0.05) is 170 Å². The van der Waals surface area contributed by atoms with E-state index in [1.54, 1.807) is 0 Å². The van der Waals surface area contributed by atoms with Crippen LogP contribution in [0.3, 0.4) is 0 Å². The quantitative estimate of drug-likeness (QED) is 0.147. The Morgan fingerprint density at radius 3 is 0.775 bits per heavy atom. The monoisotopic (exact) mass is 730 g/mol. The van der Waals surface area contributed by atoms with E-state index in [1.165, 1.54) is 31.8 Å². The molecule has 0 aliphatic heterocycles. The number of hydrogen-bond donors (Lipinski definition) is 0. The summed E-state index contributed by atoms with van der Waals surface area (Å²) in [6.07, 6.45) is 17.4. The van der Waals surface area contributed by atoms with Crippen molar-refractivity contribution in [3.8, 4) is 0 Å². The first kappa shape index (κ1) is 32.7. The second kappa shape index (κ2) is 18.6. The van der Waals surface area contributed by atoms with Crippen molar-refractivity contribution in [2.45, 2.75) is 0 Å². The van der Waals surface area contributed by atoms with Gasteiger partial charge in [-0.15, -0.1) is 0 Å². The van der Waals surface area contributed by atoms with Crippen molar-refractivity contribution in [1.29, 1.82) is 0 Å². The Kier molecular flexibility index (Phi) is 15.2. The molecule has 0 saturated heterocycles. The predicted molar refractivity (Wildman–Crippen MR) is 176 cm³/mol. The van der Waals surface area contributed by atoms with E-state index >= 15 is 0 Å². The molecule has 0 atom stereocenters. The molecule has 2 aliphatic rings. The van der Waals surface area contributed by atoms with E-state index in [0.29, 0.717) is 0 Å². The Morgan fingerprint density at radius 2 is 0.575 bits per heavy atom. The zero-order valence-corrected chi connectivity index (χ0v) is 27.4. The largest absolute Gasteiger partial charge is 4.00 e. The zero-order valence-electron chi connectivity index (χ0n) is 21.5. The van der Waals surface area contributed by atoms with Crippen LogP contribution in [0.4, 0.5) is 0 Å². The molecule has 0 spiro atoms. The van der Waals surface area contributed by atoms with Crippen LogP contribution in [0, 0.1) is 0 Å². The first-order valence-electron chi connectivity index (χ1n) is 12.4. The van der Waals surface area contributed by atoms with Crippen molar-refractivity contribution in [3.63, 3.8) is 0 Å². The molecule has 2 aliphatic carbocycles. The van der Waals surface area contributed by atoms with Crippen molar-refractivity contribution < 1.29 is 33.6 Å². The normalized spacial score (nSPS) is 12.7. The Labute approximate surface area is 268 Å². The van der Waals surface area contributed by atoms with Crippen LogP contribution in [-0.4, -0.2) is 10.6 Å². The molecule has 0 amide bonds. The average Bonchev–Trinajstić information content (AvgIpc) is 3.72. The summed E-state index contributed by atoms with van der Waals surface area (Å²) in [4.78, 5) is 0. The van der Waals surface area contributed by atoms with Gasteiger partial charge in [-0.2, -0.15) is 31.8 Å². The van der Waals surface area contributed by atoms with Gasteiger partial charge in [0.1, 0.15) is 0 Å². The summed E-state index contributed by atoms with van der Waals surface area (Å²) in [6.45, 7) is 0. The summed E-state index contributed by atoms with van der Waals surface area (Å²) in [5.41, 5.74) is 0. The molecule has 0 bridgehead atoms. The van der Waals surface area contributed by atoms with Gasteiger partial charge in [0.2, 0.25) is 0 Å². The van der Waals surface area contributed by atoms with Gasteiger partial charge in [-0.25, -0.2) is 0 Å². The second-order valence-corrected chi connectivity index (χ2v) is 14.6. The molecular weight excluding hydrogens is 703 g/mol. The van der Waals surface area contributed by atoms with Crippen LogP contribution in [0.25, 0.3) is 0 Å². The fraction of sp³-hybridized carbons (Fsp3) is 0. The van der Waals surface area contributed by atoms with Crippen LogP contribution in [0.2, 0.25) is 0 Å². The molecule has 0 unspecified atom stereocenters. The number of allylic oxidation sites excluding steroid dienone is 8. The Hall–Kier alpha value is -1.80. The molecule has 4 aromatic rings. The summed E-state index contributed by atoms with van der Waals surface area (Å²) < 4.78 is 0. The minimum Gasteiger partial charge on any atom is 4.00 e. The van der Waals surface area contributed by atoms with Crippen molar-refractivity contribution in [3.05, 3.63) is 170 Å². The van der Waals surface area contributed by atoms with Gasteiger partial charge < -0.3 is 15.1 Å². The molecule has 0 nitrogen and oxygen atoms in total. The molecule has 0 aromatic heterocycles. The third-order valence-electron chi connectivity index (χ3n) is 5.86. The molecule has 0 N–H and O–H groups in total. The average molecular weight is 732 g/mol. The molecule has 0 heterocycles. The van der Waals surface area contributed by atoms with Gasteiger partial charge in [-0.3, -0.25) is 0 Å². The van der Waals surface area contributed by atoms with Crippen LogP contribution in [0.5, 0.6) is 0 Å². The Morgan fingerprint density at radius 1 is 0.375 bits per heavy atom. The summed E-state index contributed by atoms with van der Waals surface area (Å²) in [6, 6.07) is 43.1. The Bertz CT molecular complexity index is 1290. The summed E-state index contributed by atoms with van der Waals surface area (Å²) >= 11 is 0.194. The SMILES string of the molecule is C1=CC(=[P-](c2ccccc2)c2ccccc2)C=C1.C1=CC(=[P-](c2ccccc2)c2ccccc2)C=C1.[Cl][Fe][Cl].[Pd+4]. The standard InChI is InChI=1S/2C17H14P.2ClH.Fe.Pd/c2*1-3-9-15(10-4-1)18(17-13-7-8-14-17)16-11-5-2-6-12-16;;;;/h2*1-14H;2*1H;;/q2*-1;;;+2;+4/p-2. The molecule has 6 heteroatoms. The maximum Gasteiger partial charge on any atom is 4.00 e. The van der Waals surface area contributed by atoms with E-state index in [2.05, 4.69) is 170 Å². The van der Waals surface area contributed by atoms with E-state index in [9.17, 15) is 0 Å². The Balaban J connectivity index is 0.000000197. The molecule has 0 radical (unpaired) electrons.